The minimum Gasteiger partial charge on any atom is -0.310 e. The monoisotopic (exact) mass is 892 g/mol. The van der Waals surface area contributed by atoms with Crippen molar-refractivity contribution < 1.29 is 0 Å². The minimum atomic E-state index is -0.569. The van der Waals surface area contributed by atoms with Crippen LogP contribution in [0.15, 0.2) is 254 Å². The Balaban J connectivity index is 1.05. The maximum Gasteiger partial charge on any atom is 0.0717 e. The van der Waals surface area contributed by atoms with Crippen LogP contribution in [0.1, 0.15) is 64.6 Å². The second-order valence-electron chi connectivity index (χ2n) is 19.6. The summed E-state index contributed by atoms with van der Waals surface area (Å²) in [5.74, 6) is 0. The van der Waals surface area contributed by atoms with Crippen LogP contribution < -0.4 is 4.90 Å². The molecule has 0 atom stereocenters. The first-order chi connectivity index (χ1) is 34.8. The van der Waals surface area contributed by atoms with Gasteiger partial charge in [-0.1, -0.05) is 188 Å². The number of allylic oxidation sites excluding steroid dienone is 8. The summed E-state index contributed by atoms with van der Waals surface area (Å²) in [6.45, 7) is 0. The van der Waals surface area contributed by atoms with Crippen molar-refractivity contribution in [2.45, 2.75) is 36.5 Å². The SMILES string of the molecule is C1=CCCC(c2ccc(-n3c4ccccc4c4cc(N(c5ccccc5)c5cccc6c5C5(C7=C(C=CCC7)C67c6ccccc6-c6ccccc67)c6ccccc6-c6ccccc65)ccc43)cc2)=C1. The lowest BCUT2D eigenvalue weighted by molar-refractivity contribution is 0.590. The molecule has 0 unspecified atom stereocenters. The quantitative estimate of drug-likeness (QED) is 0.167. The van der Waals surface area contributed by atoms with E-state index in [0.717, 1.165) is 37.1 Å². The Morgan fingerprint density at radius 1 is 0.429 bits per heavy atom. The minimum absolute atomic E-state index is 0.540. The highest BCUT2D eigenvalue weighted by atomic mass is 15.1. The lowest BCUT2D eigenvalue weighted by atomic mass is 9.50. The molecule has 70 heavy (non-hydrogen) atoms. The molecule has 1 aromatic heterocycles. The molecule has 1 heterocycles. The van der Waals surface area contributed by atoms with E-state index in [1.165, 1.54) is 111 Å². The highest BCUT2D eigenvalue weighted by Gasteiger charge is 2.60. The van der Waals surface area contributed by atoms with Gasteiger partial charge in [0, 0.05) is 33.4 Å². The highest BCUT2D eigenvalue weighted by Crippen LogP contribution is 2.70. The summed E-state index contributed by atoms with van der Waals surface area (Å²) in [5, 5.41) is 2.47. The van der Waals surface area contributed by atoms with Crippen molar-refractivity contribution in [3.05, 3.63) is 293 Å². The zero-order valence-electron chi connectivity index (χ0n) is 38.8. The molecule has 9 aromatic carbocycles. The van der Waals surface area contributed by atoms with E-state index < -0.39 is 10.8 Å². The van der Waals surface area contributed by atoms with Gasteiger partial charge in [0.25, 0.3) is 0 Å². The topological polar surface area (TPSA) is 8.17 Å². The van der Waals surface area contributed by atoms with Crippen molar-refractivity contribution in [1.82, 2.24) is 4.57 Å². The first kappa shape index (κ1) is 39.5. The van der Waals surface area contributed by atoms with Gasteiger partial charge in [0.15, 0.2) is 0 Å². The molecule has 0 aliphatic heterocycles. The van der Waals surface area contributed by atoms with E-state index in [9.17, 15) is 0 Å². The summed E-state index contributed by atoms with van der Waals surface area (Å²) >= 11 is 0. The fourth-order valence-corrected chi connectivity index (χ4v) is 13.8. The predicted octanol–water partition coefficient (Wildman–Crippen LogP) is 17.3. The molecule has 0 saturated heterocycles. The molecule has 0 amide bonds. The molecule has 330 valence electrons. The van der Waals surface area contributed by atoms with Crippen LogP contribution in [-0.4, -0.2) is 4.57 Å². The molecule has 5 aliphatic rings. The van der Waals surface area contributed by atoms with Crippen LogP contribution in [-0.2, 0) is 10.8 Å². The van der Waals surface area contributed by atoms with E-state index in [4.69, 9.17) is 0 Å². The Bertz CT molecular complexity index is 3860. The van der Waals surface area contributed by atoms with E-state index in [0.29, 0.717) is 0 Å². The number of benzene rings is 9. The number of aromatic nitrogens is 1. The largest absolute Gasteiger partial charge is 0.310 e. The number of nitrogens with zero attached hydrogens (tertiary/aromatic N) is 2. The molecule has 2 spiro atoms. The average Bonchev–Trinajstić information content (AvgIpc) is 4.04. The fraction of sp³-hybridized carbons (Fsp3) is 0.0882. The summed E-state index contributed by atoms with van der Waals surface area (Å²) in [6, 6.07) is 80.9. The van der Waals surface area contributed by atoms with Crippen LogP contribution in [0.3, 0.4) is 0 Å². The molecule has 0 fully saturated rings. The van der Waals surface area contributed by atoms with Crippen LogP contribution in [0.25, 0.3) is 55.3 Å². The Labute approximate surface area is 409 Å². The van der Waals surface area contributed by atoms with Gasteiger partial charge < -0.3 is 9.47 Å². The number of fused-ring (bicyclic) bond motifs is 18. The molecular formula is C68H48N2. The van der Waals surface area contributed by atoms with Crippen molar-refractivity contribution in [3.8, 4) is 27.9 Å². The molecule has 2 nitrogen and oxygen atoms in total. The molecule has 5 aliphatic carbocycles. The van der Waals surface area contributed by atoms with Gasteiger partial charge in [-0.2, -0.15) is 0 Å². The van der Waals surface area contributed by atoms with Crippen LogP contribution in [0, 0.1) is 0 Å². The van der Waals surface area contributed by atoms with Gasteiger partial charge in [-0.15, -0.1) is 0 Å². The second-order valence-corrected chi connectivity index (χ2v) is 19.6. The van der Waals surface area contributed by atoms with Gasteiger partial charge in [-0.25, -0.2) is 0 Å². The summed E-state index contributed by atoms with van der Waals surface area (Å²) in [5.41, 5.74) is 25.0. The van der Waals surface area contributed by atoms with E-state index in [-0.39, 0.29) is 0 Å². The summed E-state index contributed by atoms with van der Waals surface area (Å²) < 4.78 is 2.45. The van der Waals surface area contributed by atoms with E-state index in [2.05, 4.69) is 252 Å². The summed E-state index contributed by atoms with van der Waals surface area (Å²) in [4.78, 5) is 2.58. The second kappa shape index (κ2) is 15.0. The molecule has 10 aromatic rings. The van der Waals surface area contributed by atoms with Crippen molar-refractivity contribution >= 4 is 44.4 Å². The molecule has 0 radical (unpaired) electrons. The number of anilines is 3. The Morgan fingerprint density at radius 2 is 1.01 bits per heavy atom. The van der Waals surface area contributed by atoms with Crippen molar-refractivity contribution in [3.63, 3.8) is 0 Å². The number of rotatable bonds is 5. The smallest absolute Gasteiger partial charge is 0.0717 e. The molecule has 0 saturated carbocycles. The lowest BCUT2D eigenvalue weighted by Gasteiger charge is -2.52. The highest BCUT2D eigenvalue weighted by molar-refractivity contribution is 6.11. The molecule has 0 N–H and O–H groups in total. The maximum atomic E-state index is 2.58. The maximum absolute atomic E-state index is 2.58. The third kappa shape index (κ3) is 5.18. The third-order valence-electron chi connectivity index (χ3n) is 16.4. The van der Waals surface area contributed by atoms with E-state index in [1.807, 2.05) is 0 Å². The number of para-hydroxylation sites is 2. The van der Waals surface area contributed by atoms with Crippen molar-refractivity contribution in [2.24, 2.45) is 0 Å². The molecular weight excluding hydrogens is 845 g/mol. The van der Waals surface area contributed by atoms with Crippen LogP contribution >= 0.6 is 0 Å². The molecule has 0 bridgehead atoms. The van der Waals surface area contributed by atoms with Gasteiger partial charge in [0.1, 0.15) is 0 Å². The first-order valence-corrected chi connectivity index (χ1v) is 25.0. The fourth-order valence-electron chi connectivity index (χ4n) is 13.8. The van der Waals surface area contributed by atoms with Gasteiger partial charge in [0.05, 0.1) is 27.6 Å². The van der Waals surface area contributed by atoms with Crippen molar-refractivity contribution in [2.75, 3.05) is 4.90 Å². The average molecular weight is 893 g/mol. The van der Waals surface area contributed by atoms with E-state index in [1.54, 1.807) is 0 Å². The Kier molecular flexibility index (Phi) is 8.48. The standard InChI is InChI=1S/C68H48N2/c1-3-20-45(21-4-1)46-38-40-48(41-39-46)70-63-36-18-11-28-54(63)55-44-49(42-43-64(55)70)69(47-22-5-2-6-23-47)65-37-19-35-62-66(65)68(58-31-14-9-26-52(58)53-27-10-15-32-59(53)68)61-34-17-16-33-60(61)67(62)56-29-12-7-24-50(56)51-25-8-13-30-57(51)67/h1-3,5-16,18-20,22-33,35-44H,4,17,21,34H2. The van der Waals surface area contributed by atoms with Gasteiger partial charge in [0.2, 0.25) is 0 Å². The molecule has 15 rings (SSSR count). The summed E-state index contributed by atoms with van der Waals surface area (Å²) in [7, 11) is 0. The normalized spacial score (nSPS) is 16.2. The van der Waals surface area contributed by atoms with Crippen molar-refractivity contribution in [1.29, 1.82) is 0 Å². The number of hydrogen-bond donors (Lipinski definition) is 0. The third-order valence-corrected chi connectivity index (χ3v) is 16.4. The van der Waals surface area contributed by atoms with Gasteiger partial charge >= 0.3 is 0 Å². The van der Waals surface area contributed by atoms with Crippen LogP contribution in [0.2, 0.25) is 0 Å². The first-order valence-electron chi connectivity index (χ1n) is 25.0. The Morgan fingerprint density at radius 3 is 1.69 bits per heavy atom. The lowest BCUT2D eigenvalue weighted by Crippen LogP contribution is -2.45. The zero-order chi connectivity index (χ0) is 46.0. The predicted molar refractivity (Wildman–Crippen MR) is 291 cm³/mol. The molecule has 2 heteroatoms. The van der Waals surface area contributed by atoms with Gasteiger partial charge in [-0.05, 0) is 153 Å². The zero-order valence-corrected chi connectivity index (χ0v) is 38.8. The summed E-state index contributed by atoms with van der Waals surface area (Å²) in [6.07, 6.45) is 15.8. The van der Waals surface area contributed by atoms with Crippen LogP contribution in [0.4, 0.5) is 17.1 Å². The van der Waals surface area contributed by atoms with Crippen LogP contribution in [0.5, 0.6) is 0 Å². The Hall–Kier alpha value is -8.46. The number of hydrogen-bond acceptors (Lipinski definition) is 1. The van der Waals surface area contributed by atoms with E-state index >= 15 is 0 Å². The van der Waals surface area contributed by atoms with Gasteiger partial charge in [-0.3, -0.25) is 0 Å².